The molecule has 0 heterocycles. The van der Waals surface area contributed by atoms with Gasteiger partial charge in [0, 0.05) is 0 Å². The lowest BCUT2D eigenvalue weighted by Crippen LogP contribution is -2.58. The summed E-state index contributed by atoms with van der Waals surface area (Å²) < 4.78 is 0. The molecule has 0 atom stereocenters. The third-order valence-corrected chi connectivity index (χ3v) is 0.596. The molecule has 0 aromatic heterocycles. The van der Waals surface area contributed by atoms with Crippen LogP contribution in [0.3, 0.4) is 0 Å². The van der Waals surface area contributed by atoms with Gasteiger partial charge in [-0.1, -0.05) is 27.7 Å². The summed E-state index contributed by atoms with van der Waals surface area (Å²) >= 11 is 0. The number of nitrogens with zero attached hydrogens (tertiary/aromatic N) is 1. The minimum absolute atomic E-state index is 0.500. The predicted octanol–water partition coefficient (Wildman–Crippen LogP) is 0.400. The third kappa shape index (κ3) is 26.4. The maximum absolute atomic E-state index is 8.24. The van der Waals surface area contributed by atoms with E-state index in [0.717, 1.165) is 0 Å². The molecule has 0 aromatic carbocycles. The highest BCUT2D eigenvalue weighted by molar-refractivity contribution is 4.89. The summed E-state index contributed by atoms with van der Waals surface area (Å²) in [6, 6.07) is 1.000. The SMILES string of the molecule is CC(C)[N-]C(C)C.O=[NH+]O. The molecule has 0 rings (SSSR count). The number of hydrogen-bond acceptors (Lipinski definition) is 1. The molecule has 2 N–H and O–H groups in total. The van der Waals surface area contributed by atoms with E-state index in [4.69, 9.17) is 10.1 Å². The first-order valence-electron chi connectivity index (χ1n) is 3.25. The molecular formula is C6H16N2O2. The molecule has 0 bridgehead atoms. The van der Waals surface area contributed by atoms with Crippen molar-refractivity contribution in [3.63, 3.8) is 0 Å². The molecule has 0 aromatic rings. The van der Waals surface area contributed by atoms with Crippen LogP contribution < -0.4 is 5.34 Å². The van der Waals surface area contributed by atoms with Gasteiger partial charge in [0.05, 0.1) is 4.91 Å². The molecule has 0 fully saturated rings. The Bertz CT molecular complexity index is 68.1. The Labute approximate surface area is 61.6 Å². The Kier molecular flexibility index (Phi) is 10.1. The van der Waals surface area contributed by atoms with Crippen molar-refractivity contribution in [3.05, 3.63) is 10.2 Å². The smallest absolute Gasteiger partial charge is 0.198 e. The van der Waals surface area contributed by atoms with Crippen molar-refractivity contribution >= 4 is 0 Å². The Morgan fingerprint density at radius 3 is 1.40 bits per heavy atom. The quantitative estimate of drug-likeness (QED) is 0.557. The summed E-state index contributed by atoms with van der Waals surface area (Å²) in [4.78, 5) is 8.24. The van der Waals surface area contributed by atoms with Crippen molar-refractivity contribution < 1.29 is 10.5 Å². The first kappa shape index (κ1) is 12.1. The molecular weight excluding hydrogens is 132 g/mol. The maximum atomic E-state index is 8.24. The Hall–Kier alpha value is -0.640. The molecule has 10 heavy (non-hydrogen) atoms. The average molecular weight is 148 g/mol. The third-order valence-electron chi connectivity index (χ3n) is 0.596. The highest BCUT2D eigenvalue weighted by Gasteiger charge is 1.77. The van der Waals surface area contributed by atoms with Crippen LogP contribution in [0.25, 0.3) is 5.32 Å². The van der Waals surface area contributed by atoms with E-state index in [0.29, 0.717) is 17.4 Å². The summed E-state index contributed by atoms with van der Waals surface area (Å²) in [6.07, 6.45) is 0. The molecule has 0 aliphatic heterocycles. The monoisotopic (exact) mass is 148 g/mol. The van der Waals surface area contributed by atoms with Gasteiger partial charge in [-0.25, -0.2) is 5.21 Å². The molecule has 4 heteroatoms. The topological polar surface area (TPSA) is 65.4 Å². The van der Waals surface area contributed by atoms with E-state index in [-0.39, 0.29) is 0 Å². The van der Waals surface area contributed by atoms with Gasteiger partial charge < -0.3 is 5.32 Å². The van der Waals surface area contributed by atoms with E-state index in [2.05, 4.69) is 33.0 Å². The summed E-state index contributed by atoms with van der Waals surface area (Å²) in [5, 5.41) is 11.5. The zero-order valence-electron chi connectivity index (χ0n) is 6.96. The summed E-state index contributed by atoms with van der Waals surface area (Å²) in [7, 11) is 0. The Morgan fingerprint density at radius 1 is 1.20 bits per heavy atom. The average Bonchev–Trinajstić information content (AvgIpc) is 1.62. The van der Waals surface area contributed by atoms with Crippen LogP contribution in [0.2, 0.25) is 0 Å². The normalized spacial score (nSPS) is 9.00. The Balaban J connectivity index is 0. The van der Waals surface area contributed by atoms with Crippen LogP contribution in [-0.2, 0) is 0 Å². The van der Waals surface area contributed by atoms with Gasteiger partial charge in [-0.05, 0) is 0 Å². The van der Waals surface area contributed by atoms with Crippen LogP contribution in [0.15, 0.2) is 0 Å². The second-order valence-electron chi connectivity index (χ2n) is 2.43. The number of hydrogen-bond donors (Lipinski definition) is 2. The number of rotatable bonds is 2. The largest absolute Gasteiger partial charge is 0.658 e. The minimum Gasteiger partial charge on any atom is -0.658 e. The number of nitrogens with one attached hydrogen (secondary N) is 1. The predicted molar refractivity (Wildman–Crippen MR) is 39.7 cm³/mol. The van der Waals surface area contributed by atoms with Gasteiger partial charge in [0.2, 0.25) is 0 Å². The van der Waals surface area contributed by atoms with Crippen LogP contribution in [0.4, 0.5) is 0 Å². The van der Waals surface area contributed by atoms with Crippen molar-refractivity contribution in [2.45, 2.75) is 39.8 Å². The minimum atomic E-state index is 0.500. The lowest BCUT2D eigenvalue weighted by atomic mass is 10.3. The molecule has 62 valence electrons. The van der Waals surface area contributed by atoms with Crippen LogP contribution >= 0.6 is 0 Å². The standard InChI is InChI=1S/C6H14N.HNO2/c1-5(2)7-6(3)4;2-1-3/h5-6H,1-4H3;1H/q-1;/p+1. The molecule has 0 saturated heterocycles. The zero-order valence-corrected chi connectivity index (χ0v) is 6.96. The van der Waals surface area contributed by atoms with E-state index in [1.165, 1.54) is 0 Å². The molecule has 4 nitrogen and oxygen atoms in total. The van der Waals surface area contributed by atoms with Gasteiger partial charge in [-0.15, -0.1) is 12.1 Å². The summed E-state index contributed by atoms with van der Waals surface area (Å²) in [5.74, 6) is 0. The maximum Gasteiger partial charge on any atom is 0.198 e. The van der Waals surface area contributed by atoms with E-state index >= 15 is 0 Å². The van der Waals surface area contributed by atoms with E-state index in [9.17, 15) is 0 Å². The fourth-order valence-electron chi connectivity index (χ4n) is 0.596. The Morgan fingerprint density at radius 2 is 1.40 bits per heavy atom. The fraction of sp³-hybridized carbons (Fsp3) is 1.00. The molecule has 0 aliphatic carbocycles. The summed E-state index contributed by atoms with van der Waals surface area (Å²) in [5.41, 5.74) is 0. The first-order chi connectivity index (χ1) is 4.54. The lowest BCUT2D eigenvalue weighted by molar-refractivity contribution is -0.755. The zero-order chi connectivity index (χ0) is 8.57. The highest BCUT2D eigenvalue weighted by atomic mass is 16.6. The van der Waals surface area contributed by atoms with Crippen LogP contribution in [0.1, 0.15) is 27.7 Å². The van der Waals surface area contributed by atoms with Crippen molar-refractivity contribution in [3.8, 4) is 0 Å². The molecule has 0 unspecified atom stereocenters. The van der Waals surface area contributed by atoms with Gasteiger partial charge in [0.15, 0.2) is 5.34 Å². The second-order valence-corrected chi connectivity index (χ2v) is 2.43. The van der Waals surface area contributed by atoms with Crippen LogP contribution in [0, 0.1) is 4.91 Å². The van der Waals surface area contributed by atoms with Crippen molar-refractivity contribution in [1.82, 2.24) is 0 Å². The van der Waals surface area contributed by atoms with Crippen molar-refractivity contribution in [2.75, 3.05) is 0 Å². The van der Waals surface area contributed by atoms with E-state index < -0.39 is 0 Å². The van der Waals surface area contributed by atoms with Gasteiger partial charge in [-0.2, -0.15) is 0 Å². The molecule has 0 saturated carbocycles. The van der Waals surface area contributed by atoms with Crippen LogP contribution in [-0.4, -0.2) is 17.3 Å². The molecule has 0 spiro atoms. The van der Waals surface area contributed by atoms with Gasteiger partial charge in [0.1, 0.15) is 0 Å². The van der Waals surface area contributed by atoms with E-state index in [1.807, 2.05) is 0 Å². The second kappa shape index (κ2) is 8.36. The first-order valence-corrected chi connectivity index (χ1v) is 3.25. The summed E-state index contributed by atoms with van der Waals surface area (Å²) in [6.45, 7) is 8.39. The van der Waals surface area contributed by atoms with Gasteiger partial charge in [0.25, 0.3) is 0 Å². The van der Waals surface area contributed by atoms with Crippen LogP contribution in [0.5, 0.6) is 0 Å². The van der Waals surface area contributed by atoms with E-state index in [1.54, 1.807) is 0 Å². The molecule has 0 amide bonds. The molecule has 0 radical (unpaired) electrons. The molecule has 0 aliphatic rings. The van der Waals surface area contributed by atoms with Gasteiger partial charge in [-0.3, -0.25) is 0 Å². The fourth-order valence-corrected chi connectivity index (χ4v) is 0.596. The lowest BCUT2D eigenvalue weighted by Gasteiger charge is -2.28. The van der Waals surface area contributed by atoms with Crippen molar-refractivity contribution in [2.24, 2.45) is 0 Å². The highest BCUT2D eigenvalue weighted by Crippen LogP contribution is 2.02. The van der Waals surface area contributed by atoms with Crippen molar-refractivity contribution in [1.29, 1.82) is 0 Å². The van der Waals surface area contributed by atoms with Gasteiger partial charge >= 0.3 is 0 Å².